The molecule has 0 unspecified atom stereocenters. The van der Waals surface area contributed by atoms with E-state index in [4.69, 9.17) is 19.7 Å². The third-order valence-corrected chi connectivity index (χ3v) is 2.54. The Morgan fingerprint density at radius 1 is 1.24 bits per heavy atom. The van der Waals surface area contributed by atoms with Crippen LogP contribution in [-0.2, 0) is 4.79 Å². The number of pyridine rings is 1. The van der Waals surface area contributed by atoms with Crippen molar-refractivity contribution in [3.8, 4) is 23.1 Å². The third kappa shape index (κ3) is 3.97. The minimum atomic E-state index is -1.03. The first-order valence-electron chi connectivity index (χ1n) is 6.00. The summed E-state index contributed by atoms with van der Waals surface area (Å²) in [4.78, 5) is 14.4. The van der Waals surface area contributed by atoms with Gasteiger partial charge in [0.2, 0.25) is 5.88 Å². The molecule has 6 heteroatoms. The van der Waals surface area contributed by atoms with Crippen molar-refractivity contribution >= 4 is 12.0 Å². The quantitative estimate of drug-likeness (QED) is 0.822. The van der Waals surface area contributed by atoms with Gasteiger partial charge in [0, 0.05) is 12.1 Å². The van der Waals surface area contributed by atoms with E-state index in [0.717, 1.165) is 6.08 Å². The zero-order valence-electron chi connectivity index (χ0n) is 11.2. The molecule has 1 aromatic heterocycles. The van der Waals surface area contributed by atoms with Crippen molar-refractivity contribution in [1.82, 2.24) is 4.98 Å². The minimum Gasteiger partial charge on any atom is -0.506 e. The summed E-state index contributed by atoms with van der Waals surface area (Å²) in [7, 11) is 1.48. The molecule has 0 amide bonds. The molecule has 21 heavy (non-hydrogen) atoms. The highest BCUT2D eigenvalue weighted by molar-refractivity contribution is 5.85. The van der Waals surface area contributed by atoms with Gasteiger partial charge in [0.1, 0.15) is 5.75 Å². The van der Waals surface area contributed by atoms with Gasteiger partial charge in [-0.05, 0) is 29.8 Å². The van der Waals surface area contributed by atoms with Crippen LogP contribution in [0.2, 0.25) is 0 Å². The molecule has 0 aliphatic heterocycles. The number of benzene rings is 1. The summed E-state index contributed by atoms with van der Waals surface area (Å²) in [5.41, 5.74) is 0.667. The number of aromatic hydroxyl groups is 1. The van der Waals surface area contributed by atoms with Gasteiger partial charge in [-0.3, -0.25) is 0 Å². The summed E-state index contributed by atoms with van der Waals surface area (Å²) in [5, 5.41) is 17.8. The molecule has 0 bridgehead atoms. The lowest BCUT2D eigenvalue weighted by Gasteiger charge is -2.10. The van der Waals surface area contributed by atoms with Crippen molar-refractivity contribution in [2.24, 2.45) is 0 Å². The molecule has 6 nitrogen and oxygen atoms in total. The van der Waals surface area contributed by atoms with Crippen LogP contribution in [0.1, 0.15) is 5.56 Å². The molecular formula is C15H13NO5. The van der Waals surface area contributed by atoms with Gasteiger partial charge in [-0.15, -0.1) is 0 Å². The summed E-state index contributed by atoms with van der Waals surface area (Å²) in [6.45, 7) is 0. The van der Waals surface area contributed by atoms with E-state index in [9.17, 15) is 4.79 Å². The normalized spacial score (nSPS) is 10.5. The van der Waals surface area contributed by atoms with E-state index in [1.807, 2.05) is 0 Å². The van der Waals surface area contributed by atoms with Crippen molar-refractivity contribution in [2.45, 2.75) is 0 Å². The van der Waals surface area contributed by atoms with Crippen LogP contribution in [0.15, 0.2) is 42.6 Å². The lowest BCUT2D eigenvalue weighted by molar-refractivity contribution is -0.131. The summed E-state index contributed by atoms with van der Waals surface area (Å²) < 4.78 is 10.8. The highest BCUT2D eigenvalue weighted by Gasteiger charge is 2.07. The second-order valence-corrected chi connectivity index (χ2v) is 4.04. The predicted molar refractivity (Wildman–Crippen MR) is 75.6 cm³/mol. The van der Waals surface area contributed by atoms with Crippen molar-refractivity contribution in [1.29, 1.82) is 0 Å². The average molecular weight is 287 g/mol. The molecule has 2 N–H and O–H groups in total. The summed E-state index contributed by atoms with van der Waals surface area (Å²) in [5.74, 6) is 0.201. The van der Waals surface area contributed by atoms with Crippen molar-refractivity contribution in [2.75, 3.05) is 7.11 Å². The number of aromatic nitrogens is 1. The first-order valence-corrected chi connectivity index (χ1v) is 6.00. The van der Waals surface area contributed by atoms with Gasteiger partial charge in [0.25, 0.3) is 0 Å². The number of methoxy groups -OCH3 is 1. The van der Waals surface area contributed by atoms with Crippen LogP contribution >= 0.6 is 0 Å². The van der Waals surface area contributed by atoms with E-state index in [2.05, 4.69) is 4.98 Å². The fraction of sp³-hybridized carbons (Fsp3) is 0.0667. The SMILES string of the molecule is COc1cc(C=CC(=O)O)ccc1Oc1ccc(O)cn1. The van der Waals surface area contributed by atoms with Gasteiger partial charge in [-0.1, -0.05) is 6.07 Å². The van der Waals surface area contributed by atoms with E-state index in [1.165, 1.54) is 31.5 Å². The lowest BCUT2D eigenvalue weighted by atomic mass is 10.2. The van der Waals surface area contributed by atoms with Crippen molar-refractivity contribution in [3.63, 3.8) is 0 Å². The molecule has 2 rings (SSSR count). The number of aliphatic carboxylic acids is 1. The number of carbonyl (C=O) groups is 1. The number of hydrogen-bond donors (Lipinski definition) is 2. The molecule has 1 aromatic carbocycles. The van der Waals surface area contributed by atoms with E-state index >= 15 is 0 Å². The number of hydrogen-bond acceptors (Lipinski definition) is 5. The fourth-order valence-corrected chi connectivity index (χ4v) is 1.59. The summed E-state index contributed by atoms with van der Waals surface area (Å²) in [6, 6.07) is 7.97. The Bertz CT molecular complexity index is 664. The van der Waals surface area contributed by atoms with Gasteiger partial charge in [0.15, 0.2) is 11.5 Å². The van der Waals surface area contributed by atoms with Crippen molar-refractivity contribution < 1.29 is 24.5 Å². The number of carboxylic acids is 1. The third-order valence-electron chi connectivity index (χ3n) is 2.54. The highest BCUT2D eigenvalue weighted by atomic mass is 16.5. The first kappa shape index (κ1) is 14.4. The summed E-state index contributed by atoms with van der Waals surface area (Å²) in [6.07, 6.45) is 3.76. The zero-order valence-corrected chi connectivity index (χ0v) is 11.2. The van der Waals surface area contributed by atoms with Crippen LogP contribution in [0.4, 0.5) is 0 Å². The molecule has 0 saturated carbocycles. The second kappa shape index (κ2) is 6.42. The molecule has 0 radical (unpaired) electrons. The van der Waals surface area contributed by atoms with Gasteiger partial charge in [-0.25, -0.2) is 9.78 Å². The largest absolute Gasteiger partial charge is 0.506 e. The van der Waals surface area contributed by atoms with Gasteiger partial charge in [0.05, 0.1) is 13.3 Å². The Balaban J connectivity index is 2.23. The van der Waals surface area contributed by atoms with E-state index < -0.39 is 5.97 Å². The molecule has 0 fully saturated rings. The van der Waals surface area contributed by atoms with Crippen LogP contribution in [-0.4, -0.2) is 28.3 Å². The Morgan fingerprint density at radius 2 is 2.05 bits per heavy atom. The van der Waals surface area contributed by atoms with Gasteiger partial charge < -0.3 is 19.7 Å². The molecule has 2 aromatic rings. The van der Waals surface area contributed by atoms with Crippen LogP contribution in [0.25, 0.3) is 6.08 Å². The Hall–Kier alpha value is -3.02. The standard InChI is InChI=1S/C15H13NO5/c1-20-13-8-10(3-7-15(18)19)2-5-12(13)21-14-6-4-11(17)9-16-14/h2-9,17H,1H3,(H,18,19). The van der Waals surface area contributed by atoms with Crippen LogP contribution in [0, 0.1) is 0 Å². The monoisotopic (exact) mass is 287 g/mol. The molecule has 0 aliphatic rings. The molecule has 1 heterocycles. The average Bonchev–Trinajstić information content (AvgIpc) is 2.48. The Labute approximate surface area is 120 Å². The molecule has 0 spiro atoms. The highest BCUT2D eigenvalue weighted by Crippen LogP contribution is 2.32. The van der Waals surface area contributed by atoms with E-state index in [1.54, 1.807) is 18.2 Å². The van der Waals surface area contributed by atoms with Crippen LogP contribution in [0.5, 0.6) is 23.1 Å². The second-order valence-electron chi connectivity index (χ2n) is 4.04. The molecule has 0 atom stereocenters. The smallest absolute Gasteiger partial charge is 0.328 e. The maximum atomic E-state index is 10.5. The number of nitrogens with zero attached hydrogens (tertiary/aromatic N) is 1. The van der Waals surface area contributed by atoms with E-state index in [-0.39, 0.29) is 5.75 Å². The van der Waals surface area contributed by atoms with Crippen LogP contribution in [0.3, 0.4) is 0 Å². The van der Waals surface area contributed by atoms with Gasteiger partial charge in [-0.2, -0.15) is 0 Å². The molecule has 0 aliphatic carbocycles. The minimum absolute atomic E-state index is 0.0449. The number of rotatable bonds is 5. The van der Waals surface area contributed by atoms with E-state index in [0.29, 0.717) is 22.9 Å². The fourth-order valence-electron chi connectivity index (χ4n) is 1.59. The Kier molecular flexibility index (Phi) is 4.40. The zero-order chi connectivity index (χ0) is 15.2. The van der Waals surface area contributed by atoms with Crippen LogP contribution < -0.4 is 9.47 Å². The maximum Gasteiger partial charge on any atom is 0.328 e. The Morgan fingerprint density at radius 3 is 2.67 bits per heavy atom. The predicted octanol–water partition coefficient (Wildman–Crippen LogP) is 2.69. The number of ether oxygens (including phenoxy) is 2. The maximum absolute atomic E-state index is 10.5. The molecular weight excluding hydrogens is 274 g/mol. The first-order chi connectivity index (χ1) is 10.1. The van der Waals surface area contributed by atoms with Crippen molar-refractivity contribution in [3.05, 3.63) is 48.2 Å². The number of carboxylic acid groups (broad SMARTS) is 1. The molecule has 0 saturated heterocycles. The molecule has 108 valence electrons. The topological polar surface area (TPSA) is 88.9 Å². The van der Waals surface area contributed by atoms with Gasteiger partial charge >= 0.3 is 5.97 Å². The summed E-state index contributed by atoms with van der Waals surface area (Å²) >= 11 is 0. The lowest BCUT2D eigenvalue weighted by Crippen LogP contribution is -1.92.